The van der Waals surface area contributed by atoms with Gasteiger partial charge in [-0.3, -0.25) is 0 Å². The van der Waals surface area contributed by atoms with Gasteiger partial charge in [0, 0.05) is 0 Å². The molecule has 19 heavy (non-hydrogen) atoms. The summed E-state index contributed by atoms with van der Waals surface area (Å²) in [6.45, 7) is 4.24. The summed E-state index contributed by atoms with van der Waals surface area (Å²) in [5.74, 6) is 0.420. The molecular weight excluding hydrogens is 243 g/mol. The lowest BCUT2D eigenvalue weighted by Gasteiger charge is -2.29. The summed E-state index contributed by atoms with van der Waals surface area (Å²) in [7, 11) is 1.44. The lowest BCUT2D eigenvalue weighted by atomic mass is 9.79. The lowest BCUT2D eigenvalue weighted by Crippen LogP contribution is -2.19. The summed E-state index contributed by atoms with van der Waals surface area (Å²) >= 11 is 0. The fourth-order valence-corrected chi connectivity index (χ4v) is 2.98. The Morgan fingerprint density at radius 2 is 2.16 bits per heavy atom. The van der Waals surface area contributed by atoms with Crippen LogP contribution in [0.15, 0.2) is 29.8 Å². The van der Waals surface area contributed by atoms with Crippen molar-refractivity contribution >= 4 is 0 Å². The van der Waals surface area contributed by atoms with Crippen molar-refractivity contribution in [2.45, 2.75) is 32.8 Å². The van der Waals surface area contributed by atoms with Gasteiger partial charge >= 0.3 is 0 Å². The minimum atomic E-state index is -0.619. The molecule has 104 valence electrons. The van der Waals surface area contributed by atoms with E-state index in [2.05, 4.69) is 19.9 Å². The number of rotatable bonds is 3. The molecule has 0 saturated heterocycles. The molecule has 1 aromatic rings. The van der Waals surface area contributed by atoms with Crippen LogP contribution in [0, 0.1) is 17.7 Å². The van der Waals surface area contributed by atoms with Crippen molar-refractivity contribution in [3.8, 4) is 5.75 Å². The molecule has 0 heterocycles. The van der Waals surface area contributed by atoms with Crippen LogP contribution in [-0.4, -0.2) is 12.2 Å². The van der Waals surface area contributed by atoms with E-state index in [1.165, 1.54) is 18.7 Å². The van der Waals surface area contributed by atoms with Crippen molar-refractivity contribution < 1.29 is 14.2 Å². The maximum atomic E-state index is 13.7. The summed E-state index contributed by atoms with van der Waals surface area (Å²) in [5.41, 5.74) is 1.93. The number of aliphatic hydroxyl groups is 1. The van der Waals surface area contributed by atoms with Crippen molar-refractivity contribution in [3.63, 3.8) is 0 Å². The van der Waals surface area contributed by atoms with Gasteiger partial charge in [0.1, 0.15) is 0 Å². The van der Waals surface area contributed by atoms with Gasteiger partial charge in [0.25, 0.3) is 0 Å². The first-order valence-corrected chi connectivity index (χ1v) is 6.70. The Kier molecular flexibility index (Phi) is 4.25. The van der Waals surface area contributed by atoms with Crippen LogP contribution in [0.25, 0.3) is 0 Å². The molecular formula is C16H21FO2. The summed E-state index contributed by atoms with van der Waals surface area (Å²) < 4.78 is 18.6. The maximum absolute atomic E-state index is 13.7. The number of allylic oxidation sites excluding steroid dienone is 2. The summed E-state index contributed by atoms with van der Waals surface area (Å²) in [6, 6.07) is 4.69. The number of ether oxygens (including phenoxy) is 1. The van der Waals surface area contributed by atoms with Crippen LogP contribution < -0.4 is 4.74 Å². The number of halogens is 1. The average Bonchev–Trinajstić information content (AvgIpc) is 2.36. The number of aliphatic hydroxyl groups excluding tert-OH is 1. The Labute approximate surface area is 113 Å². The number of hydrogen-bond acceptors (Lipinski definition) is 2. The van der Waals surface area contributed by atoms with Crippen LogP contribution in [0.4, 0.5) is 4.39 Å². The highest BCUT2D eigenvalue weighted by Gasteiger charge is 2.26. The van der Waals surface area contributed by atoms with Gasteiger partial charge in [-0.2, -0.15) is 0 Å². The van der Waals surface area contributed by atoms with Crippen LogP contribution >= 0.6 is 0 Å². The van der Waals surface area contributed by atoms with Gasteiger partial charge in [0.2, 0.25) is 0 Å². The zero-order valence-electron chi connectivity index (χ0n) is 11.7. The van der Waals surface area contributed by atoms with Crippen LogP contribution in [-0.2, 0) is 0 Å². The lowest BCUT2D eigenvalue weighted by molar-refractivity contribution is 0.0929. The fourth-order valence-electron chi connectivity index (χ4n) is 2.98. The first-order chi connectivity index (χ1) is 9.01. The van der Waals surface area contributed by atoms with Gasteiger partial charge in [-0.25, -0.2) is 4.39 Å². The molecule has 0 aliphatic heterocycles. The normalized spacial score (nSPS) is 24.8. The zero-order valence-corrected chi connectivity index (χ0v) is 11.7. The molecule has 3 atom stereocenters. The van der Waals surface area contributed by atoms with E-state index in [0.717, 1.165) is 12.8 Å². The maximum Gasteiger partial charge on any atom is 0.165 e. The zero-order chi connectivity index (χ0) is 14.0. The second-order valence-corrected chi connectivity index (χ2v) is 5.53. The molecule has 1 aliphatic carbocycles. The molecule has 1 N–H and O–H groups in total. The largest absolute Gasteiger partial charge is 0.494 e. The third kappa shape index (κ3) is 3.16. The van der Waals surface area contributed by atoms with Crippen LogP contribution in [0.5, 0.6) is 5.75 Å². The average molecular weight is 264 g/mol. The topological polar surface area (TPSA) is 29.5 Å². The monoisotopic (exact) mass is 264 g/mol. The van der Waals surface area contributed by atoms with E-state index >= 15 is 0 Å². The molecule has 0 spiro atoms. The van der Waals surface area contributed by atoms with Gasteiger partial charge in [-0.05, 0) is 49.3 Å². The highest BCUT2D eigenvalue weighted by molar-refractivity contribution is 5.31. The van der Waals surface area contributed by atoms with Crippen LogP contribution in [0.2, 0.25) is 0 Å². The molecule has 0 aromatic heterocycles. The predicted octanol–water partition coefficient (Wildman–Crippen LogP) is 3.86. The van der Waals surface area contributed by atoms with Gasteiger partial charge in [-0.1, -0.05) is 24.6 Å². The molecule has 0 radical (unpaired) electrons. The first kappa shape index (κ1) is 14.1. The Morgan fingerprint density at radius 3 is 2.74 bits per heavy atom. The summed E-state index contributed by atoms with van der Waals surface area (Å²) in [4.78, 5) is 0. The van der Waals surface area contributed by atoms with E-state index in [0.29, 0.717) is 11.5 Å². The first-order valence-electron chi connectivity index (χ1n) is 6.70. The molecule has 1 aromatic carbocycles. The Morgan fingerprint density at radius 1 is 1.42 bits per heavy atom. The molecule has 1 aliphatic rings. The quantitative estimate of drug-likeness (QED) is 0.840. The van der Waals surface area contributed by atoms with Gasteiger partial charge in [0.05, 0.1) is 13.2 Å². The highest BCUT2D eigenvalue weighted by Crippen LogP contribution is 2.37. The molecule has 0 bridgehead atoms. The van der Waals surface area contributed by atoms with Crippen LogP contribution in [0.3, 0.4) is 0 Å². The van der Waals surface area contributed by atoms with Gasteiger partial charge < -0.3 is 9.84 Å². The Bertz CT molecular complexity index is 482. The van der Waals surface area contributed by atoms with E-state index in [1.807, 2.05) is 0 Å². The second-order valence-electron chi connectivity index (χ2n) is 5.53. The van der Waals surface area contributed by atoms with Gasteiger partial charge in [-0.15, -0.1) is 0 Å². The fraction of sp³-hybridized carbons (Fsp3) is 0.500. The van der Waals surface area contributed by atoms with Gasteiger partial charge in [0.15, 0.2) is 11.6 Å². The molecule has 2 nitrogen and oxygen atoms in total. The smallest absolute Gasteiger partial charge is 0.165 e. The molecule has 2 rings (SSSR count). The minimum Gasteiger partial charge on any atom is -0.494 e. The summed E-state index contributed by atoms with van der Waals surface area (Å²) in [5, 5.41) is 10.4. The molecule has 0 fully saturated rings. The van der Waals surface area contributed by atoms with Crippen molar-refractivity contribution in [3.05, 3.63) is 41.2 Å². The van der Waals surface area contributed by atoms with E-state index in [-0.39, 0.29) is 11.7 Å². The third-order valence-corrected chi connectivity index (χ3v) is 3.79. The van der Waals surface area contributed by atoms with Crippen molar-refractivity contribution in [2.24, 2.45) is 11.8 Å². The van der Waals surface area contributed by atoms with E-state index < -0.39 is 11.9 Å². The predicted molar refractivity (Wildman–Crippen MR) is 73.6 cm³/mol. The SMILES string of the molecule is COc1ccc(C(O)C2CC(C)=CC(C)C2)cc1F. The second kappa shape index (κ2) is 5.74. The number of hydrogen-bond donors (Lipinski definition) is 1. The van der Waals surface area contributed by atoms with Crippen molar-refractivity contribution in [1.82, 2.24) is 0 Å². The summed E-state index contributed by atoms with van der Waals surface area (Å²) in [6.07, 6.45) is 3.44. The van der Waals surface area contributed by atoms with E-state index in [4.69, 9.17) is 4.74 Å². The van der Waals surface area contributed by atoms with E-state index in [1.54, 1.807) is 12.1 Å². The van der Waals surface area contributed by atoms with Crippen LogP contribution in [0.1, 0.15) is 38.4 Å². The molecule has 3 unspecified atom stereocenters. The van der Waals surface area contributed by atoms with E-state index in [9.17, 15) is 9.50 Å². The standard InChI is InChI=1S/C16H21FO2/c1-10-6-11(2)8-13(7-10)16(18)12-4-5-15(19-3)14(17)9-12/h4-6,9-10,13,16,18H,7-8H2,1-3H3. The highest BCUT2D eigenvalue weighted by atomic mass is 19.1. The number of benzene rings is 1. The molecule has 0 saturated carbocycles. The minimum absolute atomic E-state index is 0.160. The Hall–Kier alpha value is -1.35. The molecule has 0 amide bonds. The third-order valence-electron chi connectivity index (χ3n) is 3.79. The van der Waals surface area contributed by atoms with Crippen molar-refractivity contribution in [2.75, 3.05) is 7.11 Å². The molecule has 3 heteroatoms. The Balaban J connectivity index is 2.18. The number of methoxy groups -OCH3 is 1. The van der Waals surface area contributed by atoms with Crippen molar-refractivity contribution in [1.29, 1.82) is 0 Å².